The molecule has 0 aliphatic carbocycles. The molecule has 102 valence electrons. The van der Waals surface area contributed by atoms with Gasteiger partial charge in [-0.05, 0) is 32.4 Å². The third-order valence-electron chi connectivity index (χ3n) is 3.40. The zero-order valence-electron chi connectivity index (χ0n) is 12.1. The van der Waals surface area contributed by atoms with E-state index in [4.69, 9.17) is 0 Å². The van der Waals surface area contributed by atoms with Gasteiger partial charge in [0.15, 0.2) is 0 Å². The Bertz CT molecular complexity index is 511. The Balaban J connectivity index is 2.03. The minimum atomic E-state index is 0.847. The molecule has 0 bridgehead atoms. The maximum absolute atomic E-state index is 4.49. The molecule has 1 N–H and O–H groups in total. The molecule has 0 atom stereocenters. The van der Waals surface area contributed by atoms with Crippen LogP contribution in [0.5, 0.6) is 0 Å². The highest BCUT2D eigenvalue weighted by atomic mass is 15.3. The van der Waals surface area contributed by atoms with Gasteiger partial charge in [-0.25, -0.2) is 0 Å². The van der Waals surface area contributed by atoms with Crippen LogP contribution in [-0.4, -0.2) is 16.3 Å². The Morgan fingerprint density at radius 3 is 2.58 bits per heavy atom. The number of nitrogens with one attached hydrogen (secondary N) is 1. The van der Waals surface area contributed by atoms with E-state index >= 15 is 0 Å². The first-order valence-corrected chi connectivity index (χ1v) is 6.98. The lowest BCUT2D eigenvalue weighted by atomic mass is 10.1. The van der Waals surface area contributed by atoms with E-state index < -0.39 is 0 Å². The van der Waals surface area contributed by atoms with E-state index in [1.54, 1.807) is 0 Å². The van der Waals surface area contributed by atoms with Gasteiger partial charge >= 0.3 is 0 Å². The zero-order valence-corrected chi connectivity index (χ0v) is 12.1. The summed E-state index contributed by atoms with van der Waals surface area (Å²) < 4.78 is 2.08. The summed E-state index contributed by atoms with van der Waals surface area (Å²) in [5.74, 6) is 0. The van der Waals surface area contributed by atoms with Crippen LogP contribution in [0, 0.1) is 13.8 Å². The lowest BCUT2D eigenvalue weighted by molar-refractivity contribution is 0.651. The number of rotatable bonds is 6. The average Bonchev–Trinajstić information content (AvgIpc) is 2.75. The van der Waals surface area contributed by atoms with Gasteiger partial charge in [0.05, 0.1) is 12.7 Å². The van der Waals surface area contributed by atoms with Crippen molar-refractivity contribution in [2.45, 2.75) is 40.3 Å². The second-order valence-corrected chi connectivity index (χ2v) is 5.08. The molecule has 0 spiro atoms. The molecule has 0 aliphatic rings. The van der Waals surface area contributed by atoms with Crippen LogP contribution in [-0.2, 0) is 13.1 Å². The second kappa shape index (κ2) is 6.53. The van der Waals surface area contributed by atoms with Gasteiger partial charge in [0, 0.05) is 17.8 Å². The van der Waals surface area contributed by atoms with E-state index in [1.807, 2.05) is 6.20 Å². The molecular formula is C16H23N3. The van der Waals surface area contributed by atoms with Crippen LogP contribution >= 0.6 is 0 Å². The molecule has 1 aromatic heterocycles. The standard InChI is InChI=1S/C16H23N3/c1-4-9-17-10-16-11-18-19(14(16)3)12-15-7-5-13(2)6-8-15/h5-8,11,17H,4,9-10,12H2,1-3H3. The molecule has 0 amide bonds. The fourth-order valence-electron chi connectivity index (χ4n) is 2.08. The normalized spacial score (nSPS) is 10.9. The fraction of sp³-hybridized carbons (Fsp3) is 0.438. The quantitative estimate of drug-likeness (QED) is 0.806. The molecule has 0 saturated carbocycles. The van der Waals surface area contributed by atoms with Crippen molar-refractivity contribution in [1.29, 1.82) is 0 Å². The first kappa shape index (κ1) is 13.8. The molecule has 3 nitrogen and oxygen atoms in total. The molecule has 1 heterocycles. The van der Waals surface area contributed by atoms with Crippen LogP contribution in [0.4, 0.5) is 0 Å². The van der Waals surface area contributed by atoms with Crippen molar-refractivity contribution < 1.29 is 0 Å². The topological polar surface area (TPSA) is 29.9 Å². The average molecular weight is 257 g/mol. The highest BCUT2D eigenvalue weighted by Crippen LogP contribution is 2.11. The number of aryl methyl sites for hydroxylation is 1. The summed E-state index contributed by atoms with van der Waals surface area (Å²) >= 11 is 0. The van der Waals surface area contributed by atoms with E-state index in [1.165, 1.54) is 22.4 Å². The van der Waals surface area contributed by atoms with Crippen molar-refractivity contribution in [2.75, 3.05) is 6.54 Å². The van der Waals surface area contributed by atoms with E-state index in [-0.39, 0.29) is 0 Å². The van der Waals surface area contributed by atoms with E-state index in [2.05, 4.69) is 60.1 Å². The number of hydrogen-bond acceptors (Lipinski definition) is 2. The maximum Gasteiger partial charge on any atom is 0.0662 e. The van der Waals surface area contributed by atoms with Gasteiger partial charge in [0.1, 0.15) is 0 Å². The van der Waals surface area contributed by atoms with E-state index in [9.17, 15) is 0 Å². The second-order valence-electron chi connectivity index (χ2n) is 5.08. The van der Waals surface area contributed by atoms with Crippen LogP contribution in [0.25, 0.3) is 0 Å². The zero-order chi connectivity index (χ0) is 13.7. The number of nitrogens with zero attached hydrogens (tertiary/aromatic N) is 2. The monoisotopic (exact) mass is 257 g/mol. The lowest BCUT2D eigenvalue weighted by Crippen LogP contribution is -2.14. The number of benzene rings is 1. The van der Waals surface area contributed by atoms with Gasteiger partial charge in [0.25, 0.3) is 0 Å². The SMILES string of the molecule is CCCNCc1cnn(Cc2ccc(C)cc2)c1C. The highest BCUT2D eigenvalue weighted by Gasteiger charge is 2.06. The van der Waals surface area contributed by atoms with Crippen LogP contribution in [0.3, 0.4) is 0 Å². The van der Waals surface area contributed by atoms with Gasteiger partial charge in [-0.15, -0.1) is 0 Å². The van der Waals surface area contributed by atoms with Gasteiger partial charge in [-0.3, -0.25) is 4.68 Å². The third kappa shape index (κ3) is 3.67. The molecule has 0 radical (unpaired) electrons. The highest BCUT2D eigenvalue weighted by molar-refractivity contribution is 5.23. The molecular weight excluding hydrogens is 234 g/mol. The van der Waals surface area contributed by atoms with E-state index in [0.717, 1.165) is 26.1 Å². The van der Waals surface area contributed by atoms with Crippen LogP contribution in [0.2, 0.25) is 0 Å². The maximum atomic E-state index is 4.49. The summed E-state index contributed by atoms with van der Waals surface area (Å²) in [6.07, 6.45) is 3.14. The summed E-state index contributed by atoms with van der Waals surface area (Å²) in [6.45, 7) is 9.25. The molecule has 2 aromatic rings. The van der Waals surface area contributed by atoms with Gasteiger partial charge < -0.3 is 5.32 Å². The molecule has 1 aromatic carbocycles. The first-order chi connectivity index (χ1) is 9.20. The van der Waals surface area contributed by atoms with Crippen molar-refractivity contribution in [3.8, 4) is 0 Å². The molecule has 3 heteroatoms. The largest absolute Gasteiger partial charge is 0.313 e. The summed E-state index contributed by atoms with van der Waals surface area (Å²) in [4.78, 5) is 0. The molecule has 0 unspecified atom stereocenters. The first-order valence-electron chi connectivity index (χ1n) is 6.98. The van der Waals surface area contributed by atoms with Gasteiger partial charge in [-0.1, -0.05) is 36.8 Å². The van der Waals surface area contributed by atoms with Crippen LogP contribution < -0.4 is 5.32 Å². The molecule has 0 saturated heterocycles. The number of aromatic nitrogens is 2. The summed E-state index contributed by atoms with van der Waals surface area (Å²) in [5.41, 5.74) is 5.14. The van der Waals surface area contributed by atoms with Crippen molar-refractivity contribution in [2.24, 2.45) is 0 Å². The Hall–Kier alpha value is -1.61. The minimum Gasteiger partial charge on any atom is -0.313 e. The minimum absolute atomic E-state index is 0.847. The van der Waals surface area contributed by atoms with Crippen LogP contribution in [0.1, 0.15) is 35.7 Å². The summed E-state index contributed by atoms with van der Waals surface area (Å²) in [6, 6.07) is 8.65. The van der Waals surface area contributed by atoms with Gasteiger partial charge in [0.2, 0.25) is 0 Å². The molecule has 0 fully saturated rings. The predicted octanol–water partition coefficient (Wildman–Crippen LogP) is 3.05. The number of hydrogen-bond donors (Lipinski definition) is 1. The molecule has 19 heavy (non-hydrogen) atoms. The molecule has 2 rings (SSSR count). The van der Waals surface area contributed by atoms with Crippen molar-refractivity contribution in [3.05, 3.63) is 52.8 Å². The lowest BCUT2D eigenvalue weighted by Gasteiger charge is -2.07. The Morgan fingerprint density at radius 2 is 1.89 bits per heavy atom. The van der Waals surface area contributed by atoms with Crippen LogP contribution in [0.15, 0.2) is 30.5 Å². The third-order valence-corrected chi connectivity index (χ3v) is 3.40. The fourth-order valence-corrected chi connectivity index (χ4v) is 2.08. The summed E-state index contributed by atoms with van der Waals surface area (Å²) in [5, 5.41) is 7.91. The Kier molecular flexibility index (Phi) is 4.74. The molecule has 0 aliphatic heterocycles. The predicted molar refractivity (Wildman–Crippen MR) is 79.2 cm³/mol. The smallest absolute Gasteiger partial charge is 0.0662 e. The van der Waals surface area contributed by atoms with E-state index in [0.29, 0.717) is 0 Å². The van der Waals surface area contributed by atoms with Gasteiger partial charge in [-0.2, -0.15) is 5.10 Å². The van der Waals surface area contributed by atoms with Crippen molar-refractivity contribution in [1.82, 2.24) is 15.1 Å². The Labute approximate surface area is 115 Å². The Morgan fingerprint density at radius 1 is 1.16 bits per heavy atom. The van der Waals surface area contributed by atoms with Crippen molar-refractivity contribution in [3.63, 3.8) is 0 Å². The van der Waals surface area contributed by atoms with Crippen molar-refractivity contribution >= 4 is 0 Å². The summed E-state index contributed by atoms with van der Waals surface area (Å²) in [7, 11) is 0.